The number of methoxy groups -OCH3 is 1. The summed E-state index contributed by atoms with van der Waals surface area (Å²) in [6.07, 6.45) is 2.42. The molecule has 0 aliphatic heterocycles. The van der Waals surface area contributed by atoms with Gasteiger partial charge in [-0.2, -0.15) is 11.8 Å². The van der Waals surface area contributed by atoms with Gasteiger partial charge in [-0.15, -0.1) is 0 Å². The third-order valence-electron chi connectivity index (χ3n) is 2.97. The van der Waals surface area contributed by atoms with Crippen molar-refractivity contribution in [2.24, 2.45) is 5.73 Å². The van der Waals surface area contributed by atoms with Crippen molar-refractivity contribution in [3.8, 4) is 11.5 Å². The fourth-order valence-electron chi connectivity index (χ4n) is 1.93. The average Bonchev–Trinajstić information content (AvgIpc) is 2.52. The largest absolute Gasteiger partial charge is 0.493 e. The van der Waals surface area contributed by atoms with E-state index >= 15 is 0 Å². The van der Waals surface area contributed by atoms with Gasteiger partial charge in [0.15, 0.2) is 11.5 Å². The third-order valence-corrected chi connectivity index (χ3v) is 3.62. The minimum absolute atomic E-state index is 0.330. The Hall–Kier alpha value is -2.09. The van der Waals surface area contributed by atoms with Crippen molar-refractivity contribution in [2.45, 2.75) is 19.4 Å². The molecule has 0 radical (unpaired) electrons. The van der Waals surface area contributed by atoms with Gasteiger partial charge in [0.1, 0.15) is 6.04 Å². The summed E-state index contributed by atoms with van der Waals surface area (Å²) >= 11 is 1.59. The highest BCUT2D eigenvalue weighted by molar-refractivity contribution is 7.98. The lowest BCUT2D eigenvalue weighted by molar-refractivity contribution is -0.117. The first kappa shape index (κ1) is 19.0. The summed E-state index contributed by atoms with van der Waals surface area (Å²) in [6, 6.07) is 3.68. The topological polar surface area (TPSA) is 103 Å². The van der Waals surface area contributed by atoms with Crippen LogP contribution in [0, 0.1) is 0 Å². The highest BCUT2D eigenvalue weighted by atomic mass is 32.2. The van der Waals surface area contributed by atoms with Crippen molar-refractivity contribution >= 4 is 29.4 Å². The Kier molecular flexibility index (Phi) is 8.10. The molecule has 1 aromatic rings. The van der Waals surface area contributed by atoms with Crippen molar-refractivity contribution in [1.29, 1.82) is 0 Å². The summed E-state index contributed by atoms with van der Waals surface area (Å²) in [6.45, 7) is 2.39. The SMILES string of the molecule is CCOc1ccc(NC(=O)[C@@H](CCSC)NC(N)=O)cc1OC. The lowest BCUT2D eigenvalue weighted by Crippen LogP contribution is -2.46. The second kappa shape index (κ2) is 9.83. The van der Waals surface area contributed by atoms with E-state index in [1.165, 1.54) is 7.11 Å². The Morgan fingerprint density at radius 1 is 1.35 bits per heavy atom. The van der Waals surface area contributed by atoms with Crippen LogP contribution in [0.4, 0.5) is 10.5 Å². The van der Waals surface area contributed by atoms with E-state index < -0.39 is 12.1 Å². The Morgan fingerprint density at radius 2 is 2.09 bits per heavy atom. The number of hydrogen-bond donors (Lipinski definition) is 3. The molecule has 0 aliphatic carbocycles. The Balaban J connectivity index is 2.82. The molecule has 1 aromatic carbocycles. The van der Waals surface area contributed by atoms with E-state index in [-0.39, 0.29) is 5.91 Å². The molecule has 0 spiro atoms. The van der Waals surface area contributed by atoms with Crippen LogP contribution in [0.5, 0.6) is 11.5 Å². The highest BCUT2D eigenvalue weighted by Crippen LogP contribution is 2.30. The molecule has 0 heterocycles. The van der Waals surface area contributed by atoms with Crippen LogP contribution in [0.15, 0.2) is 18.2 Å². The van der Waals surface area contributed by atoms with Gasteiger partial charge in [0.2, 0.25) is 5.91 Å². The molecule has 4 N–H and O–H groups in total. The molecular weight excluding hydrogens is 318 g/mol. The first-order chi connectivity index (χ1) is 11.0. The van der Waals surface area contributed by atoms with Crippen molar-refractivity contribution in [3.05, 3.63) is 18.2 Å². The van der Waals surface area contributed by atoms with Gasteiger partial charge in [-0.1, -0.05) is 0 Å². The average molecular weight is 341 g/mol. The number of urea groups is 1. The highest BCUT2D eigenvalue weighted by Gasteiger charge is 2.20. The van der Waals surface area contributed by atoms with Crippen LogP contribution in [0.1, 0.15) is 13.3 Å². The number of ether oxygens (including phenoxy) is 2. The number of nitrogens with two attached hydrogens (primary N) is 1. The molecule has 7 nitrogen and oxygen atoms in total. The molecule has 0 bridgehead atoms. The summed E-state index contributed by atoms with van der Waals surface area (Å²) in [4.78, 5) is 23.3. The predicted octanol–water partition coefficient (Wildman–Crippen LogP) is 1.82. The number of hydrogen-bond acceptors (Lipinski definition) is 5. The smallest absolute Gasteiger partial charge is 0.312 e. The molecule has 8 heteroatoms. The fourth-order valence-corrected chi connectivity index (χ4v) is 2.40. The normalized spacial score (nSPS) is 11.4. The van der Waals surface area contributed by atoms with Crippen LogP contribution in [0.2, 0.25) is 0 Å². The zero-order chi connectivity index (χ0) is 17.2. The summed E-state index contributed by atoms with van der Waals surface area (Å²) in [5, 5.41) is 5.20. The van der Waals surface area contributed by atoms with Crippen molar-refractivity contribution < 1.29 is 19.1 Å². The molecule has 0 aromatic heterocycles. The van der Waals surface area contributed by atoms with Gasteiger partial charge in [0.25, 0.3) is 0 Å². The number of anilines is 1. The van der Waals surface area contributed by atoms with Crippen LogP contribution in [0.25, 0.3) is 0 Å². The molecule has 128 valence electrons. The Bertz CT molecular complexity index is 539. The predicted molar refractivity (Wildman–Crippen MR) is 92.3 cm³/mol. The van der Waals surface area contributed by atoms with E-state index in [0.717, 1.165) is 5.75 Å². The first-order valence-electron chi connectivity index (χ1n) is 7.18. The second-order valence-electron chi connectivity index (χ2n) is 4.63. The molecule has 0 aliphatic rings. The molecule has 0 fully saturated rings. The first-order valence-corrected chi connectivity index (χ1v) is 8.57. The second-order valence-corrected chi connectivity index (χ2v) is 5.62. The number of carbonyl (C=O) groups is 2. The zero-order valence-corrected chi connectivity index (χ0v) is 14.4. The molecular formula is C15H23N3O4S. The van der Waals surface area contributed by atoms with Gasteiger partial charge in [0, 0.05) is 11.8 Å². The van der Waals surface area contributed by atoms with Gasteiger partial charge in [-0.3, -0.25) is 4.79 Å². The lowest BCUT2D eigenvalue weighted by atomic mass is 10.2. The maximum Gasteiger partial charge on any atom is 0.312 e. The van der Waals surface area contributed by atoms with Gasteiger partial charge in [-0.05, 0) is 37.5 Å². The van der Waals surface area contributed by atoms with Crippen LogP contribution in [-0.4, -0.2) is 43.7 Å². The van der Waals surface area contributed by atoms with E-state index in [0.29, 0.717) is 30.2 Å². The number of rotatable bonds is 9. The van der Waals surface area contributed by atoms with Gasteiger partial charge in [-0.25, -0.2) is 4.79 Å². The molecule has 0 saturated heterocycles. The minimum atomic E-state index is -0.726. The number of benzene rings is 1. The van der Waals surface area contributed by atoms with Crippen LogP contribution < -0.4 is 25.8 Å². The summed E-state index contributed by atoms with van der Waals surface area (Å²) in [5.41, 5.74) is 5.67. The monoisotopic (exact) mass is 341 g/mol. The van der Waals surface area contributed by atoms with Crippen molar-refractivity contribution in [1.82, 2.24) is 5.32 Å². The summed E-state index contributed by atoms with van der Waals surface area (Å²) < 4.78 is 10.7. The van der Waals surface area contributed by atoms with E-state index in [9.17, 15) is 9.59 Å². The van der Waals surface area contributed by atoms with Crippen LogP contribution >= 0.6 is 11.8 Å². The van der Waals surface area contributed by atoms with Crippen molar-refractivity contribution in [3.63, 3.8) is 0 Å². The third kappa shape index (κ3) is 6.27. The minimum Gasteiger partial charge on any atom is -0.493 e. The van der Waals surface area contributed by atoms with E-state index in [2.05, 4.69) is 10.6 Å². The molecule has 1 atom stereocenters. The zero-order valence-electron chi connectivity index (χ0n) is 13.5. The van der Waals surface area contributed by atoms with Crippen LogP contribution in [0.3, 0.4) is 0 Å². The maximum atomic E-state index is 12.3. The lowest BCUT2D eigenvalue weighted by Gasteiger charge is -2.17. The van der Waals surface area contributed by atoms with Gasteiger partial charge in [0.05, 0.1) is 13.7 Å². The van der Waals surface area contributed by atoms with E-state index in [1.54, 1.807) is 30.0 Å². The summed E-state index contributed by atoms with van der Waals surface area (Å²) in [7, 11) is 1.53. The number of primary amides is 1. The van der Waals surface area contributed by atoms with Gasteiger partial charge >= 0.3 is 6.03 Å². The molecule has 0 unspecified atom stereocenters. The van der Waals surface area contributed by atoms with Crippen LogP contribution in [-0.2, 0) is 4.79 Å². The number of amides is 3. The molecule has 0 saturated carbocycles. The van der Waals surface area contributed by atoms with Gasteiger partial charge < -0.3 is 25.8 Å². The molecule has 1 rings (SSSR count). The number of carbonyl (C=O) groups excluding carboxylic acids is 2. The maximum absolute atomic E-state index is 12.3. The van der Waals surface area contributed by atoms with Crippen molar-refractivity contribution in [2.75, 3.05) is 31.0 Å². The Labute approximate surface area is 140 Å². The number of thioether (sulfide) groups is 1. The standard InChI is InChI=1S/C15H23N3O4S/c1-4-22-12-6-5-10(9-13(12)21-2)17-14(19)11(7-8-23-3)18-15(16)20/h5-6,9,11H,4,7-8H2,1-3H3,(H,17,19)(H3,16,18,20)/t11-/m1/s1. The van der Waals surface area contributed by atoms with E-state index in [1.807, 2.05) is 13.2 Å². The summed E-state index contributed by atoms with van der Waals surface area (Å²) in [5.74, 6) is 1.52. The molecule has 23 heavy (non-hydrogen) atoms. The van der Waals surface area contributed by atoms with E-state index in [4.69, 9.17) is 15.2 Å². The Morgan fingerprint density at radius 3 is 2.65 bits per heavy atom. The number of nitrogens with one attached hydrogen (secondary N) is 2. The quantitative estimate of drug-likeness (QED) is 0.636. The fraction of sp³-hybridized carbons (Fsp3) is 0.467. The molecule has 3 amide bonds.